The highest BCUT2D eigenvalue weighted by Gasteiger charge is 2.39. The van der Waals surface area contributed by atoms with Crippen LogP contribution in [0.4, 0.5) is 5.69 Å². The Bertz CT molecular complexity index is 1630. The second-order valence-corrected chi connectivity index (χ2v) is 16.2. The summed E-state index contributed by atoms with van der Waals surface area (Å²) in [6.45, 7) is 14.5. The molecule has 14 heteroatoms. The third-order valence-corrected chi connectivity index (χ3v) is 11.9. The second kappa shape index (κ2) is 18.3. The fourth-order valence-electron chi connectivity index (χ4n) is 7.64. The molecule has 4 rings (SSSR count). The lowest BCUT2D eigenvalue weighted by Crippen LogP contribution is -2.59. The molecule has 292 valence electrons. The zero-order valence-electron chi connectivity index (χ0n) is 32.4. The van der Waals surface area contributed by atoms with Crippen molar-refractivity contribution in [2.24, 2.45) is 17.8 Å². The van der Waals surface area contributed by atoms with Gasteiger partial charge >= 0.3 is 11.9 Å². The molecule has 1 saturated heterocycles. The Kier molecular flexibility index (Phi) is 14.4. The number of nitrogens with zero attached hydrogens (tertiary/aromatic N) is 3. The van der Waals surface area contributed by atoms with E-state index in [0.717, 1.165) is 24.9 Å². The average molecular weight is 755 g/mol. The van der Waals surface area contributed by atoms with Crippen LogP contribution in [0.15, 0.2) is 23.6 Å². The molecule has 1 aliphatic carbocycles. The van der Waals surface area contributed by atoms with Crippen molar-refractivity contribution in [3.63, 3.8) is 0 Å². The van der Waals surface area contributed by atoms with E-state index in [9.17, 15) is 29.1 Å². The van der Waals surface area contributed by atoms with Crippen LogP contribution >= 0.6 is 11.3 Å². The van der Waals surface area contributed by atoms with Gasteiger partial charge in [-0.3, -0.25) is 28.9 Å². The average Bonchev–Trinajstić information content (AvgIpc) is 3.60. The van der Waals surface area contributed by atoms with Crippen LogP contribution in [-0.2, 0) is 30.3 Å². The van der Waals surface area contributed by atoms with Crippen molar-refractivity contribution in [3.05, 3.63) is 45.4 Å². The molecular formula is C39H58N6O7S. The number of esters is 1. The molecule has 0 saturated carbocycles. The molecule has 13 nitrogen and oxygen atoms in total. The largest absolute Gasteiger partial charge is 0.481 e. The summed E-state index contributed by atoms with van der Waals surface area (Å²) < 4.78 is 5.81. The van der Waals surface area contributed by atoms with Crippen LogP contribution in [-0.4, -0.2) is 93.9 Å². The molecular weight excluding hydrogens is 697 g/mol. The molecule has 0 spiro atoms. The highest BCUT2D eigenvalue weighted by molar-refractivity contribution is 7.09. The number of carboxylic acids is 1. The van der Waals surface area contributed by atoms with Gasteiger partial charge in [-0.15, -0.1) is 11.3 Å². The van der Waals surface area contributed by atoms with Crippen LogP contribution in [0, 0.1) is 17.8 Å². The number of nitrogen functional groups attached to an aromatic ring is 1. The van der Waals surface area contributed by atoms with E-state index in [0.29, 0.717) is 41.6 Å². The number of rotatable bonds is 15. The molecule has 5 N–H and O–H groups in total. The third-order valence-electron chi connectivity index (χ3n) is 11.0. The minimum atomic E-state index is -0.986. The lowest BCUT2D eigenvalue weighted by Gasteiger charge is -2.40. The van der Waals surface area contributed by atoms with Crippen molar-refractivity contribution >= 4 is 46.7 Å². The molecule has 0 bridgehead atoms. The molecule has 3 amide bonds. The number of hydrogen-bond donors (Lipinski definition) is 4. The molecule has 2 heterocycles. The van der Waals surface area contributed by atoms with E-state index >= 15 is 0 Å². The monoisotopic (exact) mass is 754 g/mol. The summed E-state index contributed by atoms with van der Waals surface area (Å²) >= 11 is 1.18. The number of nitrogens with two attached hydrogens (primary N) is 1. The van der Waals surface area contributed by atoms with Crippen LogP contribution in [0.1, 0.15) is 119 Å². The highest BCUT2D eigenvalue weighted by atomic mass is 32.1. The number of thiazole rings is 1. The predicted molar refractivity (Wildman–Crippen MR) is 204 cm³/mol. The number of carbonyl (C=O) groups is 5. The Morgan fingerprint density at radius 3 is 2.49 bits per heavy atom. The van der Waals surface area contributed by atoms with Gasteiger partial charge in [-0.05, 0) is 87.2 Å². The number of nitrogens with one attached hydrogen (secondary N) is 2. The van der Waals surface area contributed by atoms with Gasteiger partial charge in [0.15, 0.2) is 6.10 Å². The van der Waals surface area contributed by atoms with Gasteiger partial charge in [0.1, 0.15) is 16.7 Å². The van der Waals surface area contributed by atoms with Crippen LogP contribution in [0.3, 0.4) is 0 Å². The molecule has 1 unspecified atom stereocenters. The van der Waals surface area contributed by atoms with E-state index in [1.165, 1.54) is 18.3 Å². The molecule has 1 fully saturated rings. The van der Waals surface area contributed by atoms with Crippen LogP contribution in [0.5, 0.6) is 0 Å². The second-order valence-electron chi connectivity index (χ2n) is 15.3. The van der Waals surface area contributed by atoms with E-state index in [1.807, 2.05) is 41.7 Å². The van der Waals surface area contributed by atoms with Gasteiger partial charge in [-0.1, -0.05) is 47.1 Å². The lowest BCUT2D eigenvalue weighted by molar-refractivity contribution is -0.149. The summed E-state index contributed by atoms with van der Waals surface area (Å²) in [6.07, 6.45) is 2.50. The van der Waals surface area contributed by atoms with Gasteiger partial charge in [0.2, 0.25) is 11.8 Å². The van der Waals surface area contributed by atoms with Gasteiger partial charge in [0.25, 0.3) is 5.91 Å². The van der Waals surface area contributed by atoms with Crippen LogP contribution in [0.2, 0.25) is 0 Å². The summed E-state index contributed by atoms with van der Waals surface area (Å²) in [4.78, 5) is 74.5. The third kappa shape index (κ3) is 10.3. The summed E-state index contributed by atoms with van der Waals surface area (Å²) in [5.74, 6) is -2.85. The maximum absolute atomic E-state index is 14.4. The Hall–Kier alpha value is -4.04. The topological polar surface area (TPSA) is 184 Å². The van der Waals surface area contributed by atoms with E-state index in [4.69, 9.17) is 10.5 Å². The molecule has 2 aliphatic rings. The number of anilines is 1. The summed E-state index contributed by atoms with van der Waals surface area (Å²) in [6, 6.07) is 3.35. The number of carbonyl (C=O) groups excluding carboxylic acids is 4. The smallest absolute Gasteiger partial charge is 0.311 e. The fraction of sp³-hybridized carbons (Fsp3) is 0.641. The van der Waals surface area contributed by atoms with Crippen molar-refractivity contribution in [2.45, 2.75) is 123 Å². The molecule has 2 aromatic rings. The van der Waals surface area contributed by atoms with Crippen molar-refractivity contribution in [1.29, 1.82) is 0 Å². The van der Waals surface area contributed by atoms with Gasteiger partial charge in [-0.2, -0.15) is 0 Å². The first kappa shape index (κ1) is 41.7. The first-order valence-electron chi connectivity index (χ1n) is 18.9. The number of ether oxygens (including phenoxy) is 1. The number of benzene rings is 1. The SMILES string of the molecule is CC[C@H](C)[C@H](NC(=O)[C@H]1C[C@H](C)CCN1C)C(=O)N(CC)C(C[C@@H](OC(C)=O)c1nc(C(=O)N[C@H]2Cc3ccc(N)cc3[C@H](C(=O)O)C2)cs1)C(C)C. The van der Waals surface area contributed by atoms with E-state index in [1.54, 1.807) is 28.5 Å². The van der Waals surface area contributed by atoms with Crippen molar-refractivity contribution in [3.8, 4) is 0 Å². The normalized spacial score (nSPS) is 22.5. The maximum atomic E-state index is 14.4. The van der Waals surface area contributed by atoms with E-state index in [-0.39, 0.29) is 54.3 Å². The van der Waals surface area contributed by atoms with Crippen molar-refractivity contribution in [2.75, 3.05) is 25.9 Å². The number of likely N-dealkylation sites (tertiary alicyclic amines) is 1. The first-order chi connectivity index (χ1) is 25.0. The minimum Gasteiger partial charge on any atom is -0.481 e. The zero-order valence-corrected chi connectivity index (χ0v) is 33.2. The molecule has 53 heavy (non-hydrogen) atoms. The molecule has 0 radical (unpaired) electrons. The van der Waals surface area contributed by atoms with Gasteiger partial charge in [0.05, 0.1) is 12.0 Å². The number of amides is 3. The van der Waals surface area contributed by atoms with Gasteiger partial charge in [0, 0.05) is 43.0 Å². The van der Waals surface area contributed by atoms with Gasteiger partial charge < -0.3 is 31.1 Å². The number of carboxylic acid groups (broad SMARTS) is 1. The van der Waals surface area contributed by atoms with E-state index in [2.05, 4.69) is 27.4 Å². The fourth-order valence-corrected chi connectivity index (χ4v) is 8.48. The van der Waals surface area contributed by atoms with Crippen molar-refractivity contribution < 1.29 is 33.8 Å². The number of hydrogen-bond acceptors (Lipinski definition) is 10. The number of aliphatic carboxylic acids is 1. The Labute approximate surface area is 317 Å². The maximum Gasteiger partial charge on any atom is 0.311 e. The Morgan fingerprint density at radius 1 is 1.15 bits per heavy atom. The van der Waals surface area contributed by atoms with Crippen LogP contribution in [0.25, 0.3) is 0 Å². The summed E-state index contributed by atoms with van der Waals surface area (Å²) in [7, 11) is 1.95. The number of piperidine rings is 1. The first-order valence-corrected chi connectivity index (χ1v) is 19.8. The minimum absolute atomic E-state index is 0.0509. The Morgan fingerprint density at radius 2 is 1.87 bits per heavy atom. The standard InChI is InChI=1S/C39H58N6O7S/c1-9-23(6)34(43-36(48)32-15-22(5)13-14-44(32)8)38(49)45(10-2)31(21(3)4)19-33(52-24(7)46)37-42-30(20-53-37)35(47)41-27-16-25-11-12-26(40)17-28(25)29(18-27)39(50)51/h11-12,17,20-23,27,29,31-34H,9-10,13-16,18-19,40H2,1-8H3,(H,41,47)(H,43,48)(H,50,51)/t22-,23+,27+,29-,31?,32-,33-,34+/m1/s1. The van der Waals surface area contributed by atoms with Crippen molar-refractivity contribution in [1.82, 2.24) is 25.4 Å². The summed E-state index contributed by atoms with van der Waals surface area (Å²) in [5.41, 5.74) is 8.01. The number of aromatic nitrogens is 1. The zero-order chi connectivity index (χ0) is 39.1. The Balaban J connectivity index is 1.53. The highest BCUT2D eigenvalue weighted by Crippen LogP contribution is 2.35. The predicted octanol–water partition coefficient (Wildman–Crippen LogP) is 4.77. The van der Waals surface area contributed by atoms with E-state index < -0.39 is 42.0 Å². The molecule has 8 atom stereocenters. The summed E-state index contributed by atoms with van der Waals surface area (Å²) in [5, 5.41) is 18.0. The number of fused-ring (bicyclic) bond motifs is 1. The quantitative estimate of drug-likeness (QED) is 0.146. The molecule has 1 aromatic carbocycles. The lowest BCUT2D eigenvalue weighted by atomic mass is 9.80. The van der Waals surface area contributed by atoms with Crippen LogP contribution < -0.4 is 16.4 Å². The number of likely N-dealkylation sites (N-methyl/N-ethyl adjacent to an activating group) is 2. The molecule has 1 aromatic heterocycles. The molecule has 1 aliphatic heterocycles. The van der Waals surface area contributed by atoms with Gasteiger partial charge in [-0.25, -0.2) is 4.98 Å².